The highest BCUT2D eigenvalue weighted by molar-refractivity contribution is 6.07. The lowest BCUT2D eigenvalue weighted by Crippen LogP contribution is -2.30. The Morgan fingerprint density at radius 1 is 1.00 bits per heavy atom. The lowest BCUT2D eigenvalue weighted by atomic mass is 10.0. The smallest absolute Gasteiger partial charge is 0.254 e. The predicted molar refractivity (Wildman–Crippen MR) is 99.2 cm³/mol. The molecule has 24 heavy (non-hydrogen) atoms. The molecule has 2 aromatic carbocycles. The molecule has 3 heteroatoms. The van der Waals surface area contributed by atoms with Crippen molar-refractivity contribution < 1.29 is 4.79 Å². The van der Waals surface area contributed by atoms with Crippen LogP contribution in [-0.4, -0.2) is 28.9 Å². The van der Waals surface area contributed by atoms with Crippen molar-refractivity contribution in [2.45, 2.75) is 20.8 Å². The first-order chi connectivity index (χ1) is 11.7. The van der Waals surface area contributed by atoms with Gasteiger partial charge in [0.1, 0.15) is 0 Å². The van der Waals surface area contributed by atoms with Crippen molar-refractivity contribution in [2.24, 2.45) is 0 Å². The van der Waals surface area contributed by atoms with E-state index in [1.54, 1.807) is 0 Å². The topological polar surface area (TPSA) is 33.2 Å². The lowest BCUT2D eigenvalue weighted by molar-refractivity contribution is 0.0775. The van der Waals surface area contributed by atoms with Crippen molar-refractivity contribution >= 4 is 16.8 Å². The van der Waals surface area contributed by atoms with Crippen molar-refractivity contribution in [2.75, 3.05) is 13.1 Å². The van der Waals surface area contributed by atoms with Crippen LogP contribution in [0, 0.1) is 6.92 Å². The molecule has 0 bridgehead atoms. The number of carbonyl (C=O) groups is 1. The van der Waals surface area contributed by atoms with E-state index in [-0.39, 0.29) is 5.91 Å². The van der Waals surface area contributed by atoms with Gasteiger partial charge in [-0.25, -0.2) is 4.98 Å². The Morgan fingerprint density at radius 3 is 2.38 bits per heavy atom. The molecule has 3 aromatic rings. The van der Waals surface area contributed by atoms with E-state index < -0.39 is 0 Å². The molecule has 0 fully saturated rings. The van der Waals surface area contributed by atoms with Crippen LogP contribution in [0.4, 0.5) is 0 Å². The molecular formula is C21H22N2O. The second kappa shape index (κ2) is 6.83. The molecule has 0 spiro atoms. The molecular weight excluding hydrogens is 296 g/mol. The zero-order chi connectivity index (χ0) is 17.1. The molecule has 0 aliphatic rings. The molecule has 0 aliphatic heterocycles. The van der Waals surface area contributed by atoms with Gasteiger partial charge in [-0.3, -0.25) is 4.79 Å². The summed E-state index contributed by atoms with van der Waals surface area (Å²) in [6.07, 6.45) is 0. The number of pyridine rings is 1. The maximum absolute atomic E-state index is 13.0. The van der Waals surface area contributed by atoms with E-state index in [2.05, 4.69) is 19.1 Å². The lowest BCUT2D eigenvalue weighted by Gasteiger charge is -2.20. The van der Waals surface area contributed by atoms with Crippen LogP contribution in [0.25, 0.3) is 22.2 Å². The number of benzene rings is 2. The summed E-state index contributed by atoms with van der Waals surface area (Å²) in [5.41, 5.74) is 4.65. The van der Waals surface area contributed by atoms with E-state index in [1.807, 2.05) is 61.2 Å². The third-order valence-electron chi connectivity index (χ3n) is 4.42. The molecule has 1 amide bonds. The number of para-hydroxylation sites is 1. The predicted octanol–water partition coefficient (Wildman–Crippen LogP) is 4.69. The quantitative estimate of drug-likeness (QED) is 0.699. The average molecular weight is 318 g/mol. The van der Waals surface area contributed by atoms with E-state index >= 15 is 0 Å². The maximum Gasteiger partial charge on any atom is 0.254 e. The van der Waals surface area contributed by atoms with E-state index in [0.29, 0.717) is 13.1 Å². The second-order valence-electron chi connectivity index (χ2n) is 5.86. The first-order valence-electron chi connectivity index (χ1n) is 8.40. The largest absolute Gasteiger partial charge is 0.339 e. The molecule has 0 radical (unpaired) electrons. The number of hydrogen-bond donors (Lipinski definition) is 0. The summed E-state index contributed by atoms with van der Waals surface area (Å²) in [5.74, 6) is 0.0634. The van der Waals surface area contributed by atoms with E-state index in [1.165, 1.54) is 0 Å². The number of amides is 1. The highest BCUT2D eigenvalue weighted by atomic mass is 16.2. The van der Waals surface area contributed by atoms with Gasteiger partial charge in [-0.15, -0.1) is 0 Å². The first-order valence-corrected chi connectivity index (χ1v) is 8.40. The Balaban J connectivity index is 2.24. The third kappa shape index (κ3) is 2.90. The van der Waals surface area contributed by atoms with Gasteiger partial charge in [0.2, 0.25) is 0 Å². The Bertz CT molecular complexity index is 882. The molecule has 0 unspecified atom stereocenters. The van der Waals surface area contributed by atoms with Gasteiger partial charge >= 0.3 is 0 Å². The van der Waals surface area contributed by atoms with E-state index in [0.717, 1.165) is 33.3 Å². The summed E-state index contributed by atoms with van der Waals surface area (Å²) in [6.45, 7) is 7.48. The van der Waals surface area contributed by atoms with Crippen LogP contribution in [-0.2, 0) is 0 Å². The molecule has 1 aromatic heterocycles. The SMILES string of the molecule is CCN(CC)C(=O)c1cc(-c2ccccc2C)nc2ccccc12. The number of carbonyl (C=O) groups excluding carboxylic acids is 1. The fraction of sp³-hybridized carbons (Fsp3) is 0.238. The van der Waals surface area contributed by atoms with Gasteiger partial charge in [-0.05, 0) is 38.5 Å². The minimum atomic E-state index is 0.0634. The van der Waals surface area contributed by atoms with Crippen molar-refractivity contribution in [3.63, 3.8) is 0 Å². The number of aromatic nitrogens is 1. The molecule has 3 rings (SSSR count). The molecule has 0 atom stereocenters. The summed E-state index contributed by atoms with van der Waals surface area (Å²) in [5, 5.41) is 0.909. The number of nitrogens with zero attached hydrogens (tertiary/aromatic N) is 2. The first kappa shape index (κ1) is 16.2. The standard InChI is InChI=1S/C21H22N2O/c1-4-23(5-2)21(24)18-14-20(16-11-7-6-10-15(16)3)22-19-13-9-8-12-17(18)19/h6-14H,4-5H2,1-3H3. The zero-order valence-electron chi connectivity index (χ0n) is 14.4. The van der Waals surface area contributed by atoms with Gasteiger partial charge in [0.25, 0.3) is 5.91 Å². The van der Waals surface area contributed by atoms with Gasteiger partial charge in [0, 0.05) is 24.0 Å². The van der Waals surface area contributed by atoms with Gasteiger partial charge < -0.3 is 4.90 Å². The minimum absolute atomic E-state index is 0.0634. The second-order valence-corrected chi connectivity index (χ2v) is 5.86. The maximum atomic E-state index is 13.0. The number of fused-ring (bicyclic) bond motifs is 1. The molecule has 1 heterocycles. The zero-order valence-corrected chi connectivity index (χ0v) is 14.4. The summed E-state index contributed by atoms with van der Waals surface area (Å²) in [6, 6.07) is 17.9. The number of hydrogen-bond acceptors (Lipinski definition) is 2. The van der Waals surface area contributed by atoms with Crippen molar-refractivity contribution in [1.82, 2.24) is 9.88 Å². The third-order valence-corrected chi connectivity index (χ3v) is 4.42. The Kier molecular flexibility index (Phi) is 4.61. The van der Waals surface area contributed by atoms with Crippen LogP contribution < -0.4 is 0 Å². The minimum Gasteiger partial charge on any atom is -0.339 e. The monoisotopic (exact) mass is 318 g/mol. The molecule has 122 valence electrons. The van der Waals surface area contributed by atoms with Crippen LogP contribution >= 0.6 is 0 Å². The van der Waals surface area contributed by atoms with Crippen molar-refractivity contribution in [3.05, 3.63) is 65.7 Å². The van der Waals surface area contributed by atoms with Crippen LogP contribution in [0.1, 0.15) is 29.8 Å². The fourth-order valence-corrected chi connectivity index (χ4v) is 3.03. The summed E-state index contributed by atoms with van der Waals surface area (Å²) >= 11 is 0. The van der Waals surface area contributed by atoms with Crippen LogP contribution in [0.3, 0.4) is 0 Å². The molecule has 0 saturated carbocycles. The molecule has 0 saturated heterocycles. The number of aryl methyl sites for hydroxylation is 1. The molecule has 0 aliphatic carbocycles. The van der Waals surface area contributed by atoms with Gasteiger partial charge in [0.05, 0.1) is 16.8 Å². The van der Waals surface area contributed by atoms with Crippen molar-refractivity contribution in [3.8, 4) is 11.3 Å². The summed E-state index contributed by atoms with van der Waals surface area (Å²) in [7, 11) is 0. The van der Waals surface area contributed by atoms with E-state index in [9.17, 15) is 4.79 Å². The van der Waals surface area contributed by atoms with Crippen LogP contribution in [0.15, 0.2) is 54.6 Å². The van der Waals surface area contributed by atoms with Crippen molar-refractivity contribution in [1.29, 1.82) is 0 Å². The Labute approximate surface area is 143 Å². The average Bonchev–Trinajstić information content (AvgIpc) is 2.62. The van der Waals surface area contributed by atoms with Gasteiger partial charge in [-0.1, -0.05) is 42.5 Å². The van der Waals surface area contributed by atoms with Gasteiger partial charge in [-0.2, -0.15) is 0 Å². The summed E-state index contributed by atoms with van der Waals surface area (Å²) in [4.78, 5) is 19.6. The molecule has 3 nitrogen and oxygen atoms in total. The Morgan fingerprint density at radius 2 is 1.67 bits per heavy atom. The van der Waals surface area contributed by atoms with Crippen LogP contribution in [0.5, 0.6) is 0 Å². The fourth-order valence-electron chi connectivity index (χ4n) is 3.03. The molecule has 0 N–H and O–H groups in total. The van der Waals surface area contributed by atoms with Gasteiger partial charge in [0.15, 0.2) is 0 Å². The highest BCUT2D eigenvalue weighted by Gasteiger charge is 2.18. The highest BCUT2D eigenvalue weighted by Crippen LogP contribution is 2.27. The summed E-state index contributed by atoms with van der Waals surface area (Å²) < 4.78 is 0. The normalized spacial score (nSPS) is 10.8. The van der Waals surface area contributed by atoms with E-state index in [4.69, 9.17) is 4.98 Å². The number of rotatable bonds is 4. The Hall–Kier alpha value is -2.68. The van der Waals surface area contributed by atoms with Crippen LogP contribution in [0.2, 0.25) is 0 Å².